The van der Waals surface area contributed by atoms with E-state index in [1.165, 1.54) is 30.5 Å². The number of nitro groups is 1. The van der Waals surface area contributed by atoms with Crippen LogP contribution in [-0.2, 0) is 13.6 Å². The number of nitrogens with zero attached hydrogens (tertiary/aromatic N) is 5. The molecule has 0 saturated carbocycles. The Hall–Kier alpha value is -3.98. The summed E-state index contributed by atoms with van der Waals surface area (Å²) >= 11 is 6.27. The van der Waals surface area contributed by atoms with Gasteiger partial charge in [-0.2, -0.15) is 14.9 Å². The van der Waals surface area contributed by atoms with E-state index in [1.807, 2.05) is 37.5 Å². The van der Waals surface area contributed by atoms with Crippen molar-refractivity contribution in [1.29, 1.82) is 0 Å². The number of nitro benzene ring substituents is 1. The van der Waals surface area contributed by atoms with Gasteiger partial charge in [0, 0.05) is 37.5 Å². The molecule has 2 heterocycles. The normalized spacial score (nSPS) is 10.8. The number of halogens is 1. The number of hydrogen-bond acceptors (Lipinski definition) is 6. The highest BCUT2D eigenvalue weighted by molar-refractivity contribution is 6.32. The Balaban J connectivity index is 1.53. The molecule has 0 radical (unpaired) electrons. The molecule has 1 N–H and O–H groups in total. The van der Waals surface area contributed by atoms with Crippen molar-refractivity contribution in [1.82, 2.24) is 19.6 Å². The maximum Gasteiger partial charge on any atom is 0.292 e. The summed E-state index contributed by atoms with van der Waals surface area (Å²) in [6.45, 7) is 0.441. The summed E-state index contributed by atoms with van der Waals surface area (Å²) in [4.78, 5) is 22.9. The lowest BCUT2D eigenvalue weighted by molar-refractivity contribution is -0.384. The van der Waals surface area contributed by atoms with Gasteiger partial charge < -0.3 is 5.32 Å². The highest BCUT2D eigenvalue weighted by Gasteiger charge is 2.12. The van der Waals surface area contributed by atoms with Gasteiger partial charge in [0.25, 0.3) is 11.2 Å². The highest BCUT2D eigenvalue weighted by Crippen LogP contribution is 2.22. The predicted molar refractivity (Wildman–Crippen MR) is 117 cm³/mol. The summed E-state index contributed by atoms with van der Waals surface area (Å²) < 4.78 is 2.84. The van der Waals surface area contributed by atoms with Crippen molar-refractivity contribution < 1.29 is 4.92 Å². The van der Waals surface area contributed by atoms with Gasteiger partial charge in [0.05, 0.1) is 28.7 Å². The Bertz CT molecular complexity index is 1310. The predicted octanol–water partition coefficient (Wildman–Crippen LogP) is 3.81. The minimum absolute atomic E-state index is 0.0169. The van der Waals surface area contributed by atoms with Crippen LogP contribution < -0.4 is 10.9 Å². The Morgan fingerprint density at radius 3 is 2.55 bits per heavy atom. The summed E-state index contributed by atoms with van der Waals surface area (Å²) in [6.07, 6.45) is 5.19. The van der Waals surface area contributed by atoms with E-state index in [0.717, 1.165) is 21.4 Å². The summed E-state index contributed by atoms with van der Waals surface area (Å²) in [7, 11) is 1.86. The van der Waals surface area contributed by atoms with Crippen molar-refractivity contribution in [3.63, 3.8) is 0 Å². The topological polar surface area (TPSA) is 108 Å². The first-order valence-corrected chi connectivity index (χ1v) is 9.64. The molecule has 0 bridgehead atoms. The molecular formula is C21H17ClN6O3. The fourth-order valence-corrected chi connectivity index (χ4v) is 3.28. The Kier molecular flexibility index (Phi) is 5.50. The van der Waals surface area contributed by atoms with Gasteiger partial charge in [0.1, 0.15) is 5.02 Å². The van der Waals surface area contributed by atoms with Crippen LogP contribution in [0.25, 0.3) is 16.8 Å². The quantitative estimate of drug-likeness (QED) is 0.363. The zero-order valence-corrected chi connectivity index (χ0v) is 17.2. The molecule has 31 heavy (non-hydrogen) atoms. The summed E-state index contributed by atoms with van der Waals surface area (Å²) in [5.41, 5.74) is 3.22. The number of aryl methyl sites for hydroxylation is 1. The van der Waals surface area contributed by atoms with E-state index in [4.69, 9.17) is 11.6 Å². The van der Waals surface area contributed by atoms with Crippen molar-refractivity contribution in [3.05, 3.63) is 98.2 Å². The van der Waals surface area contributed by atoms with Gasteiger partial charge in [0.15, 0.2) is 0 Å². The second-order valence-electron chi connectivity index (χ2n) is 6.82. The van der Waals surface area contributed by atoms with Crippen molar-refractivity contribution in [2.24, 2.45) is 7.05 Å². The third-order valence-corrected chi connectivity index (χ3v) is 5.04. The molecule has 9 nitrogen and oxygen atoms in total. The molecule has 0 unspecified atom stereocenters. The van der Waals surface area contributed by atoms with Crippen LogP contribution in [0.3, 0.4) is 0 Å². The highest BCUT2D eigenvalue weighted by atomic mass is 35.5. The van der Waals surface area contributed by atoms with Crippen LogP contribution in [0.4, 0.5) is 11.4 Å². The first-order valence-electron chi connectivity index (χ1n) is 9.27. The largest absolute Gasteiger partial charge is 0.378 e. The van der Waals surface area contributed by atoms with Crippen LogP contribution in [0, 0.1) is 10.1 Å². The van der Waals surface area contributed by atoms with Crippen LogP contribution in [-0.4, -0.2) is 24.5 Å². The number of hydrogen-bond donors (Lipinski definition) is 1. The van der Waals surface area contributed by atoms with Crippen LogP contribution >= 0.6 is 11.6 Å². The van der Waals surface area contributed by atoms with E-state index in [-0.39, 0.29) is 10.7 Å². The first kappa shape index (κ1) is 20.3. The fourth-order valence-electron chi connectivity index (χ4n) is 3.08. The molecule has 4 aromatic rings. The fraction of sp³-hybridized carbons (Fsp3) is 0.0952. The van der Waals surface area contributed by atoms with Crippen molar-refractivity contribution in [2.45, 2.75) is 6.54 Å². The Morgan fingerprint density at radius 1 is 1.10 bits per heavy atom. The van der Waals surface area contributed by atoms with Crippen molar-refractivity contribution >= 4 is 23.0 Å². The standard InChI is InChI=1S/C21H17ClN6O3/c1-26-13-16(11-24-26)15-4-2-3-14(9-15)10-23-19-12-25-27(21(29)20(19)22)17-5-7-18(8-6-17)28(30)31/h2-9,11-13,23H,10H2,1H3. The van der Waals surface area contributed by atoms with Crippen LogP contribution in [0.5, 0.6) is 0 Å². The lowest BCUT2D eigenvalue weighted by atomic mass is 10.1. The third-order valence-electron chi connectivity index (χ3n) is 4.67. The Morgan fingerprint density at radius 2 is 1.87 bits per heavy atom. The number of rotatable bonds is 6. The summed E-state index contributed by atoms with van der Waals surface area (Å²) in [6, 6.07) is 13.4. The third kappa shape index (κ3) is 4.31. The Labute approximate surface area is 181 Å². The molecule has 0 aliphatic heterocycles. The van der Waals surface area contributed by atoms with Gasteiger partial charge in [0.2, 0.25) is 0 Å². The minimum atomic E-state index is -0.523. The molecular weight excluding hydrogens is 420 g/mol. The van der Waals surface area contributed by atoms with Crippen LogP contribution in [0.15, 0.2) is 71.9 Å². The molecule has 0 saturated heterocycles. The van der Waals surface area contributed by atoms with Gasteiger partial charge in [-0.05, 0) is 29.3 Å². The first-order chi connectivity index (χ1) is 14.9. The molecule has 156 valence electrons. The van der Waals surface area contributed by atoms with E-state index >= 15 is 0 Å². The van der Waals surface area contributed by atoms with Gasteiger partial charge in [-0.3, -0.25) is 19.6 Å². The molecule has 0 aliphatic rings. The number of benzene rings is 2. The van der Waals surface area contributed by atoms with E-state index in [2.05, 4.69) is 15.5 Å². The average molecular weight is 437 g/mol. The van der Waals surface area contributed by atoms with Gasteiger partial charge in [-0.25, -0.2) is 0 Å². The molecule has 0 aliphatic carbocycles. The molecule has 2 aromatic carbocycles. The summed E-state index contributed by atoms with van der Waals surface area (Å²) in [5.74, 6) is 0. The zero-order valence-electron chi connectivity index (χ0n) is 16.4. The molecule has 0 fully saturated rings. The average Bonchev–Trinajstić information content (AvgIpc) is 3.21. The zero-order chi connectivity index (χ0) is 22.0. The van der Waals surface area contributed by atoms with Gasteiger partial charge >= 0.3 is 0 Å². The van der Waals surface area contributed by atoms with Crippen molar-refractivity contribution in [2.75, 3.05) is 5.32 Å². The van der Waals surface area contributed by atoms with E-state index < -0.39 is 10.5 Å². The van der Waals surface area contributed by atoms with E-state index in [9.17, 15) is 14.9 Å². The van der Waals surface area contributed by atoms with Crippen molar-refractivity contribution in [3.8, 4) is 16.8 Å². The van der Waals surface area contributed by atoms with Gasteiger partial charge in [-0.15, -0.1) is 0 Å². The van der Waals surface area contributed by atoms with E-state index in [1.54, 1.807) is 10.9 Å². The lowest BCUT2D eigenvalue weighted by Gasteiger charge is -2.11. The summed E-state index contributed by atoms with van der Waals surface area (Å²) in [5, 5.41) is 22.2. The monoisotopic (exact) mass is 436 g/mol. The molecule has 4 rings (SSSR count). The van der Waals surface area contributed by atoms with Crippen LogP contribution in [0.1, 0.15) is 5.56 Å². The number of anilines is 1. The SMILES string of the molecule is Cn1cc(-c2cccc(CNc3cnn(-c4ccc([N+](=O)[O-])cc4)c(=O)c3Cl)c2)cn1. The number of aromatic nitrogens is 4. The maximum atomic E-state index is 12.6. The molecule has 0 amide bonds. The van der Waals surface area contributed by atoms with Gasteiger partial charge in [-0.1, -0.05) is 29.8 Å². The van der Waals surface area contributed by atoms with Crippen LogP contribution in [0.2, 0.25) is 5.02 Å². The molecule has 0 atom stereocenters. The molecule has 0 spiro atoms. The maximum absolute atomic E-state index is 12.6. The number of nitrogens with one attached hydrogen (secondary N) is 1. The lowest BCUT2D eigenvalue weighted by Crippen LogP contribution is -2.22. The molecule has 2 aromatic heterocycles. The second kappa shape index (κ2) is 8.41. The van der Waals surface area contributed by atoms with E-state index in [0.29, 0.717) is 17.9 Å². The minimum Gasteiger partial charge on any atom is -0.378 e. The second-order valence-corrected chi connectivity index (χ2v) is 7.20. The molecule has 10 heteroatoms. The smallest absolute Gasteiger partial charge is 0.292 e. The number of non-ortho nitro benzene ring substituents is 1.